The van der Waals surface area contributed by atoms with E-state index in [1.54, 1.807) is 121 Å². The molecule has 11 nitrogen and oxygen atoms in total. The third-order valence-electron chi connectivity index (χ3n) is 8.36. The Labute approximate surface area is 317 Å². The summed E-state index contributed by atoms with van der Waals surface area (Å²) in [7, 11) is 0. The maximum atomic E-state index is 13.8. The predicted molar refractivity (Wildman–Crippen MR) is 201 cm³/mol. The van der Waals surface area contributed by atoms with Crippen molar-refractivity contribution in [1.82, 2.24) is 10.6 Å². The van der Waals surface area contributed by atoms with E-state index in [-0.39, 0.29) is 28.4 Å². The molecule has 0 saturated carbocycles. The zero-order chi connectivity index (χ0) is 37.7. The lowest BCUT2D eigenvalue weighted by Gasteiger charge is -2.45. The van der Waals surface area contributed by atoms with E-state index >= 15 is 0 Å². The highest BCUT2D eigenvalue weighted by Crippen LogP contribution is 2.30. The molecule has 0 unspecified atom stereocenters. The van der Waals surface area contributed by atoms with Crippen molar-refractivity contribution in [3.8, 4) is 0 Å². The zero-order valence-corrected chi connectivity index (χ0v) is 29.6. The smallest absolute Gasteiger partial charge is 0.338 e. The van der Waals surface area contributed by atoms with Gasteiger partial charge >= 0.3 is 17.9 Å². The van der Waals surface area contributed by atoms with Gasteiger partial charge < -0.3 is 29.0 Å². The van der Waals surface area contributed by atoms with Gasteiger partial charge in [-0.25, -0.2) is 14.4 Å². The zero-order valence-electron chi connectivity index (χ0n) is 28.8. The summed E-state index contributed by atoms with van der Waals surface area (Å²) in [5, 5.41) is 5.54. The van der Waals surface area contributed by atoms with Crippen LogP contribution in [0.2, 0.25) is 0 Å². The van der Waals surface area contributed by atoms with E-state index in [0.717, 1.165) is 5.56 Å². The molecule has 1 aliphatic heterocycles. The van der Waals surface area contributed by atoms with Gasteiger partial charge in [0.2, 0.25) is 0 Å². The molecular formula is C42H36N2O9S. The molecular weight excluding hydrogens is 709 g/mol. The number of benzene rings is 5. The lowest BCUT2D eigenvalue weighted by atomic mass is 9.95. The number of carbonyl (C=O) groups excluding carboxylic acids is 4. The number of thiocarbonyl (C=S) groups is 1. The summed E-state index contributed by atoms with van der Waals surface area (Å²) in [6, 6.07) is 41.3. The fourth-order valence-corrected chi connectivity index (χ4v) is 5.90. The maximum absolute atomic E-state index is 13.8. The minimum Gasteiger partial charge on any atom is -0.459 e. The van der Waals surface area contributed by atoms with E-state index in [0.29, 0.717) is 5.56 Å². The van der Waals surface area contributed by atoms with Gasteiger partial charge in [0.1, 0.15) is 18.8 Å². The molecule has 54 heavy (non-hydrogen) atoms. The lowest BCUT2D eigenvalue weighted by molar-refractivity contribution is -0.270. The standard InChI is InChI=1S/C42H36N2O9S/c45-37(29-18-8-2-9-19-29)44-42(54)43-34-36(53-40(48)32-24-14-5-15-25-32)35(52-39(47)31-22-12-4-13-23-31)33(27-49-38(46)30-20-10-3-11-21-30)51-41(34)50-26-28-16-6-1-7-17-28/h1-25,33-36,41H,26-27H2,(H2,43,44,45,54)/t33-,34-,35-,36-,41-/m1/s1. The van der Waals surface area contributed by atoms with Crippen molar-refractivity contribution in [3.63, 3.8) is 0 Å². The second kappa shape index (κ2) is 18.5. The largest absolute Gasteiger partial charge is 0.459 e. The minimum atomic E-state index is -1.39. The van der Waals surface area contributed by atoms with Gasteiger partial charge in [0.25, 0.3) is 5.91 Å². The Balaban J connectivity index is 1.37. The average Bonchev–Trinajstić information content (AvgIpc) is 3.22. The van der Waals surface area contributed by atoms with Crippen molar-refractivity contribution >= 4 is 41.1 Å². The van der Waals surface area contributed by atoms with Crippen LogP contribution in [-0.4, -0.2) is 66.2 Å². The van der Waals surface area contributed by atoms with Gasteiger partial charge in [-0.2, -0.15) is 0 Å². The molecule has 5 aromatic rings. The third kappa shape index (κ3) is 10.0. The van der Waals surface area contributed by atoms with Crippen LogP contribution in [0.5, 0.6) is 0 Å². The second-order valence-electron chi connectivity index (χ2n) is 12.1. The molecule has 1 amide bonds. The number of rotatable bonds is 12. The van der Waals surface area contributed by atoms with Crippen LogP contribution >= 0.6 is 12.2 Å². The Morgan fingerprint density at radius 1 is 0.574 bits per heavy atom. The highest BCUT2D eigenvalue weighted by atomic mass is 32.1. The Kier molecular flexibility index (Phi) is 12.9. The molecule has 1 saturated heterocycles. The van der Waals surface area contributed by atoms with Crippen LogP contribution in [0.1, 0.15) is 47.0 Å². The molecule has 1 heterocycles. The molecule has 0 bridgehead atoms. The third-order valence-corrected chi connectivity index (χ3v) is 8.58. The lowest BCUT2D eigenvalue weighted by Crippen LogP contribution is -2.67. The van der Waals surface area contributed by atoms with Crippen molar-refractivity contribution < 1.29 is 42.9 Å². The van der Waals surface area contributed by atoms with E-state index in [9.17, 15) is 19.2 Å². The van der Waals surface area contributed by atoms with Gasteiger partial charge in [0.15, 0.2) is 23.6 Å². The first-order valence-corrected chi connectivity index (χ1v) is 17.5. The minimum absolute atomic E-state index is 0.0389. The van der Waals surface area contributed by atoms with Crippen molar-refractivity contribution in [3.05, 3.63) is 179 Å². The number of carbonyl (C=O) groups is 4. The fourth-order valence-electron chi connectivity index (χ4n) is 5.67. The van der Waals surface area contributed by atoms with Crippen LogP contribution in [0.4, 0.5) is 0 Å². The van der Waals surface area contributed by atoms with Crippen LogP contribution in [0.3, 0.4) is 0 Å². The molecule has 0 aliphatic carbocycles. The van der Waals surface area contributed by atoms with Crippen molar-refractivity contribution in [2.75, 3.05) is 6.61 Å². The molecule has 0 radical (unpaired) electrons. The highest BCUT2D eigenvalue weighted by Gasteiger charge is 2.52. The maximum Gasteiger partial charge on any atom is 0.338 e. The molecule has 12 heteroatoms. The summed E-state index contributed by atoms with van der Waals surface area (Å²) in [6.45, 7) is -0.385. The second-order valence-corrected chi connectivity index (χ2v) is 12.5. The molecule has 5 aromatic carbocycles. The number of ether oxygens (including phenoxy) is 5. The number of amides is 1. The Bertz CT molecular complexity index is 2020. The van der Waals surface area contributed by atoms with Gasteiger partial charge in [-0.05, 0) is 66.3 Å². The van der Waals surface area contributed by atoms with Crippen LogP contribution < -0.4 is 10.6 Å². The highest BCUT2D eigenvalue weighted by molar-refractivity contribution is 7.80. The molecule has 0 spiro atoms. The first-order chi connectivity index (χ1) is 26.4. The Hall–Kier alpha value is -6.21. The summed E-state index contributed by atoms with van der Waals surface area (Å²) in [4.78, 5) is 53.7. The Morgan fingerprint density at radius 2 is 1.02 bits per heavy atom. The monoisotopic (exact) mass is 744 g/mol. The quantitative estimate of drug-likeness (QED) is 0.0896. The molecule has 2 N–H and O–H groups in total. The summed E-state index contributed by atoms with van der Waals surface area (Å²) in [5.41, 5.74) is 1.85. The summed E-state index contributed by atoms with van der Waals surface area (Å²) >= 11 is 5.60. The van der Waals surface area contributed by atoms with Gasteiger partial charge in [0, 0.05) is 5.56 Å². The fraction of sp³-hybridized carbons (Fsp3) is 0.167. The summed E-state index contributed by atoms with van der Waals surface area (Å²) in [6.07, 6.45) is -5.26. The first kappa shape index (κ1) is 37.5. The topological polar surface area (TPSA) is 138 Å². The predicted octanol–water partition coefficient (Wildman–Crippen LogP) is 5.91. The van der Waals surface area contributed by atoms with Gasteiger partial charge in [0.05, 0.1) is 23.3 Å². The molecule has 274 valence electrons. The van der Waals surface area contributed by atoms with Crippen molar-refractivity contribution in [1.29, 1.82) is 0 Å². The summed E-state index contributed by atoms with van der Waals surface area (Å²) in [5.74, 6) is -2.66. The number of esters is 3. The van der Waals surface area contributed by atoms with Crippen LogP contribution in [0.15, 0.2) is 152 Å². The summed E-state index contributed by atoms with van der Waals surface area (Å²) < 4.78 is 30.8. The molecule has 1 fully saturated rings. The number of hydrogen-bond donors (Lipinski definition) is 2. The van der Waals surface area contributed by atoms with Gasteiger partial charge in [-0.15, -0.1) is 0 Å². The van der Waals surface area contributed by atoms with E-state index in [1.807, 2.05) is 30.3 Å². The van der Waals surface area contributed by atoms with E-state index < -0.39 is 61.1 Å². The number of hydrogen-bond acceptors (Lipinski definition) is 10. The SMILES string of the molecule is O=C(NC(=S)N[C@H]1[C@H](OCc2ccccc2)O[C@H](COC(=O)c2ccccc2)[C@@H](OC(=O)c2ccccc2)[C@@H]1OC(=O)c1ccccc1)c1ccccc1. The van der Waals surface area contributed by atoms with Gasteiger partial charge in [-0.1, -0.05) is 103 Å². The van der Waals surface area contributed by atoms with Gasteiger partial charge in [-0.3, -0.25) is 10.1 Å². The Morgan fingerprint density at radius 3 is 1.54 bits per heavy atom. The van der Waals surface area contributed by atoms with Crippen LogP contribution in [-0.2, 0) is 30.3 Å². The van der Waals surface area contributed by atoms with E-state index in [2.05, 4.69) is 10.6 Å². The van der Waals surface area contributed by atoms with Crippen LogP contribution in [0.25, 0.3) is 0 Å². The number of nitrogens with one attached hydrogen (secondary N) is 2. The average molecular weight is 745 g/mol. The molecule has 6 rings (SSSR count). The first-order valence-electron chi connectivity index (χ1n) is 17.1. The normalized spacial score (nSPS) is 19.1. The van der Waals surface area contributed by atoms with Crippen LogP contribution in [0, 0.1) is 0 Å². The molecule has 1 aliphatic rings. The van der Waals surface area contributed by atoms with Crippen molar-refractivity contribution in [2.24, 2.45) is 0 Å². The van der Waals surface area contributed by atoms with E-state index in [1.165, 1.54) is 0 Å². The van der Waals surface area contributed by atoms with Crippen molar-refractivity contribution in [2.45, 2.75) is 37.3 Å². The molecule has 0 aromatic heterocycles. The van der Waals surface area contributed by atoms with E-state index in [4.69, 9.17) is 35.9 Å². The molecule has 5 atom stereocenters.